The number of thiophene rings is 1. The van der Waals surface area contributed by atoms with Crippen LogP contribution >= 0.6 is 11.3 Å². The van der Waals surface area contributed by atoms with Gasteiger partial charge in [0.15, 0.2) is 0 Å². The van der Waals surface area contributed by atoms with E-state index in [1.54, 1.807) is 18.4 Å². The summed E-state index contributed by atoms with van der Waals surface area (Å²) in [7, 11) is 1.71. The summed E-state index contributed by atoms with van der Waals surface area (Å²) in [6.45, 7) is 2.08. The monoisotopic (exact) mass is 421 g/mol. The number of para-hydroxylation sites is 1. The number of carbonyl (C=O) groups excluding carboxylic acids is 2. The highest BCUT2D eigenvalue weighted by molar-refractivity contribution is 7.15. The molecule has 1 aliphatic carbocycles. The molecule has 30 heavy (non-hydrogen) atoms. The van der Waals surface area contributed by atoms with Crippen molar-refractivity contribution in [2.45, 2.75) is 39.0 Å². The lowest BCUT2D eigenvalue weighted by molar-refractivity contribution is -0.116. The number of rotatable bonds is 6. The Labute approximate surface area is 181 Å². The summed E-state index contributed by atoms with van der Waals surface area (Å²) in [4.78, 5) is 28.9. The third-order valence-electron chi connectivity index (χ3n) is 5.61. The van der Waals surface area contributed by atoms with Crippen LogP contribution in [0.2, 0.25) is 0 Å². The molecule has 1 aromatic carbocycles. The van der Waals surface area contributed by atoms with Crippen LogP contribution in [0.3, 0.4) is 0 Å². The Bertz CT molecular complexity index is 1050. The van der Waals surface area contributed by atoms with Gasteiger partial charge in [-0.25, -0.2) is 0 Å². The molecule has 5 nitrogen and oxygen atoms in total. The molecular weight excluding hydrogens is 394 g/mol. The van der Waals surface area contributed by atoms with Crippen molar-refractivity contribution < 1.29 is 9.59 Å². The van der Waals surface area contributed by atoms with Crippen LogP contribution < -0.4 is 5.32 Å². The van der Waals surface area contributed by atoms with Crippen molar-refractivity contribution >= 4 is 28.8 Å². The van der Waals surface area contributed by atoms with E-state index in [0.29, 0.717) is 0 Å². The van der Waals surface area contributed by atoms with E-state index in [-0.39, 0.29) is 18.4 Å². The smallest absolute Gasteiger partial charge is 0.257 e. The maximum atomic E-state index is 13.4. The molecule has 0 atom stereocenters. The number of nitrogens with one attached hydrogen (secondary N) is 1. The quantitative estimate of drug-likeness (QED) is 0.628. The molecule has 0 radical (unpaired) electrons. The fraction of sp³-hybridized carbons (Fsp3) is 0.333. The van der Waals surface area contributed by atoms with E-state index in [1.165, 1.54) is 21.8 Å². The van der Waals surface area contributed by atoms with Crippen LogP contribution in [-0.2, 0) is 24.1 Å². The highest BCUT2D eigenvalue weighted by Crippen LogP contribution is 2.37. The number of likely N-dealkylation sites (N-methyl/N-ethyl adjacent to an activating group) is 1. The van der Waals surface area contributed by atoms with Gasteiger partial charge in [-0.2, -0.15) is 0 Å². The van der Waals surface area contributed by atoms with Gasteiger partial charge in [0.1, 0.15) is 5.00 Å². The zero-order chi connectivity index (χ0) is 21.1. The first-order valence-electron chi connectivity index (χ1n) is 10.5. The average molecular weight is 422 g/mol. The largest absolute Gasteiger partial charge is 0.332 e. The van der Waals surface area contributed by atoms with E-state index in [9.17, 15) is 9.59 Å². The van der Waals surface area contributed by atoms with Gasteiger partial charge in [-0.3, -0.25) is 9.59 Å². The molecule has 3 aromatic rings. The van der Waals surface area contributed by atoms with E-state index in [1.807, 2.05) is 53.4 Å². The first kappa shape index (κ1) is 20.4. The third-order valence-corrected chi connectivity index (χ3v) is 6.91. The van der Waals surface area contributed by atoms with Crippen molar-refractivity contribution in [2.75, 3.05) is 18.9 Å². The lowest BCUT2D eigenvalue weighted by atomic mass is 9.95. The van der Waals surface area contributed by atoms with Crippen molar-refractivity contribution in [3.8, 4) is 5.00 Å². The predicted octanol–water partition coefficient (Wildman–Crippen LogP) is 4.69. The van der Waals surface area contributed by atoms with Gasteiger partial charge in [0.25, 0.3) is 5.91 Å². The van der Waals surface area contributed by atoms with Crippen LogP contribution in [0.5, 0.6) is 0 Å². The minimum Gasteiger partial charge on any atom is -0.332 e. The van der Waals surface area contributed by atoms with Gasteiger partial charge in [0.2, 0.25) is 5.91 Å². The van der Waals surface area contributed by atoms with E-state index in [0.717, 1.165) is 47.5 Å². The van der Waals surface area contributed by atoms with Gasteiger partial charge in [0.05, 0.1) is 12.1 Å². The fourth-order valence-electron chi connectivity index (χ4n) is 4.04. The van der Waals surface area contributed by atoms with E-state index >= 15 is 0 Å². The van der Waals surface area contributed by atoms with Crippen molar-refractivity contribution in [3.63, 3.8) is 0 Å². The lowest BCUT2D eigenvalue weighted by Crippen LogP contribution is -2.35. The highest BCUT2D eigenvalue weighted by atomic mass is 32.1. The minimum absolute atomic E-state index is 0.0205. The molecule has 0 aliphatic heterocycles. The first-order valence-corrected chi connectivity index (χ1v) is 11.3. The van der Waals surface area contributed by atoms with Crippen molar-refractivity contribution in [3.05, 3.63) is 70.4 Å². The van der Waals surface area contributed by atoms with Gasteiger partial charge >= 0.3 is 0 Å². The molecule has 0 saturated carbocycles. The third kappa shape index (κ3) is 4.05. The van der Waals surface area contributed by atoms with E-state index < -0.39 is 0 Å². The van der Waals surface area contributed by atoms with Crippen molar-refractivity contribution in [1.29, 1.82) is 0 Å². The molecule has 0 fully saturated rings. The van der Waals surface area contributed by atoms with Gasteiger partial charge in [-0.05, 0) is 61.4 Å². The molecule has 6 heteroatoms. The maximum absolute atomic E-state index is 13.4. The fourth-order valence-corrected chi connectivity index (χ4v) is 5.39. The van der Waals surface area contributed by atoms with Crippen LogP contribution in [0.25, 0.3) is 5.00 Å². The summed E-state index contributed by atoms with van der Waals surface area (Å²) in [6, 6.07) is 11.7. The van der Waals surface area contributed by atoms with Gasteiger partial charge in [0, 0.05) is 30.0 Å². The molecule has 0 saturated heterocycles. The number of hydrogen-bond acceptors (Lipinski definition) is 3. The number of carbonyl (C=O) groups is 2. The zero-order valence-corrected chi connectivity index (χ0v) is 18.3. The van der Waals surface area contributed by atoms with Gasteiger partial charge in [-0.1, -0.05) is 25.1 Å². The topological polar surface area (TPSA) is 54.3 Å². The second-order valence-electron chi connectivity index (χ2n) is 7.70. The summed E-state index contributed by atoms with van der Waals surface area (Å²) in [5, 5.41) is 3.92. The highest BCUT2D eigenvalue weighted by Gasteiger charge is 2.28. The van der Waals surface area contributed by atoms with Gasteiger partial charge in [-0.15, -0.1) is 11.3 Å². The number of nitrogens with zero attached hydrogens (tertiary/aromatic N) is 2. The Balaban J connectivity index is 1.55. The molecule has 0 bridgehead atoms. The van der Waals surface area contributed by atoms with Crippen molar-refractivity contribution in [1.82, 2.24) is 9.47 Å². The molecule has 156 valence electrons. The van der Waals surface area contributed by atoms with Crippen molar-refractivity contribution in [2.24, 2.45) is 0 Å². The second kappa shape index (κ2) is 8.88. The van der Waals surface area contributed by atoms with Gasteiger partial charge < -0.3 is 14.8 Å². The molecule has 2 amide bonds. The summed E-state index contributed by atoms with van der Waals surface area (Å²) < 4.78 is 2.02. The molecule has 0 unspecified atom stereocenters. The molecule has 1 aliphatic rings. The Morgan fingerprint density at radius 3 is 2.60 bits per heavy atom. The number of anilines is 1. The van der Waals surface area contributed by atoms with Crippen LogP contribution in [0.1, 0.15) is 46.1 Å². The van der Waals surface area contributed by atoms with Crippen LogP contribution in [0.4, 0.5) is 5.69 Å². The number of benzene rings is 1. The molecule has 2 heterocycles. The number of fused-ring (bicyclic) bond motifs is 1. The predicted molar refractivity (Wildman–Crippen MR) is 122 cm³/mol. The molecule has 4 rings (SSSR count). The zero-order valence-electron chi connectivity index (χ0n) is 17.5. The van der Waals surface area contributed by atoms with E-state index in [4.69, 9.17) is 0 Å². The summed E-state index contributed by atoms with van der Waals surface area (Å²) >= 11 is 1.71. The van der Waals surface area contributed by atoms with Crippen LogP contribution in [0.15, 0.2) is 48.8 Å². The number of hydrogen-bond donors (Lipinski definition) is 1. The summed E-state index contributed by atoms with van der Waals surface area (Å²) in [5.41, 5.74) is 3.83. The summed E-state index contributed by atoms with van der Waals surface area (Å²) in [5.74, 6) is -0.268. The number of amides is 2. The van der Waals surface area contributed by atoms with Crippen LogP contribution in [-0.4, -0.2) is 34.9 Å². The standard InChI is InChI=1S/C24H27N3O2S/c1-3-17-10-4-6-12-19(17)25-21(28)16-26(2)23(29)22-18-11-5-7-13-20(18)30-24(22)27-14-8-9-15-27/h4,6,8-10,12,14-15H,3,5,7,11,13,16H2,1-2H3,(H,25,28). The minimum atomic E-state index is -0.182. The molecular formula is C24H27N3O2S. The number of aromatic nitrogens is 1. The Morgan fingerprint density at radius 1 is 1.10 bits per heavy atom. The summed E-state index contributed by atoms with van der Waals surface area (Å²) in [6.07, 6.45) is 9.02. The lowest BCUT2D eigenvalue weighted by Gasteiger charge is -2.20. The SMILES string of the molecule is CCc1ccccc1NC(=O)CN(C)C(=O)c1c(-n2cccc2)sc2c1CCCC2. The maximum Gasteiger partial charge on any atom is 0.257 e. The first-order chi connectivity index (χ1) is 14.6. The van der Waals surface area contributed by atoms with E-state index in [2.05, 4.69) is 12.2 Å². The Morgan fingerprint density at radius 2 is 1.83 bits per heavy atom. The normalized spacial score (nSPS) is 13.0. The Kier molecular flexibility index (Phi) is 6.04. The Hall–Kier alpha value is -2.86. The number of aryl methyl sites for hydroxylation is 2. The second-order valence-corrected chi connectivity index (χ2v) is 8.79. The molecule has 2 aromatic heterocycles. The molecule has 0 spiro atoms. The average Bonchev–Trinajstić information content (AvgIpc) is 3.41. The van der Waals surface area contributed by atoms with Crippen LogP contribution in [0, 0.1) is 0 Å². The molecule has 1 N–H and O–H groups in total.